The van der Waals surface area contributed by atoms with Crippen molar-refractivity contribution >= 4 is 0 Å². The Morgan fingerprint density at radius 2 is 1.78 bits per heavy atom. The number of furan rings is 1. The molecule has 1 aromatic carbocycles. The molecule has 3 unspecified atom stereocenters. The lowest BCUT2D eigenvalue weighted by Gasteiger charge is -2.25. The second-order valence-corrected chi connectivity index (χ2v) is 4.75. The van der Waals surface area contributed by atoms with Crippen molar-refractivity contribution in [2.24, 2.45) is 11.5 Å². The van der Waals surface area contributed by atoms with Crippen molar-refractivity contribution in [3.8, 4) is 0 Å². The molecule has 2 aromatic rings. The van der Waals surface area contributed by atoms with Crippen molar-refractivity contribution in [1.82, 2.24) is 0 Å². The molecule has 1 heterocycles. The maximum absolute atomic E-state index is 6.21. The Labute approximate surface area is 108 Å². The van der Waals surface area contributed by atoms with Crippen molar-refractivity contribution in [3.63, 3.8) is 0 Å². The number of rotatable bonds is 5. The highest BCUT2D eigenvalue weighted by Crippen LogP contribution is 2.25. The molecule has 3 heteroatoms. The maximum Gasteiger partial charge on any atom is 0.108 e. The van der Waals surface area contributed by atoms with E-state index in [4.69, 9.17) is 15.9 Å². The molecule has 0 fully saturated rings. The summed E-state index contributed by atoms with van der Waals surface area (Å²) < 4.78 is 5.50. The summed E-state index contributed by atoms with van der Waals surface area (Å²) >= 11 is 0. The minimum absolute atomic E-state index is 0.0659. The van der Waals surface area contributed by atoms with Gasteiger partial charge in [0.15, 0.2) is 0 Å². The Morgan fingerprint density at radius 3 is 2.33 bits per heavy atom. The fourth-order valence-electron chi connectivity index (χ4n) is 2.16. The van der Waals surface area contributed by atoms with E-state index >= 15 is 0 Å². The Bertz CT molecular complexity index is 451. The predicted molar refractivity (Wildman–Crippen MR) is 73.2 cm³/mol. The standard InChI is InChI=1S/C15H20N2O/c1-11(16)15(17)13(14-8-5-9-18-14)10-12-6-3-2-4-7-12/h2-9,11,13,15H,10,16-17H2,1H3. The quantitative estimate of drug-likeness (QED) is 0.848. The number of hydrogen-bond acceptors (Lipinski definition) is 3. The molecule has 0 bridgehead atoms. The Balaban J connectivity index is 2.20. The molecule has 0 radical (unpaired) electrons. The Hall–Kier alpha value is -1.58. The molecule has 4 N–H and O–H groups in total. The van der Waals surface area contributed by atoms with Crippen LogP contribution < -0.4 is 11.5 Å². The van der Waals surface area contributed by atoms with Crippen LogP contribution in [0, 0.1) is 0 Å². The summed E-state index contributed by atoms with van der Waals surface area (Å²) in [6.45, 7) is 1.94. The third kappa shape index (κ3) is 3.00. The molecule has 0 spiro atoms. The lowest BCUT2D eigenvalue weighted by atomic mass is 9.87. The van der Waals surface area contributed by atoms with Gasteiger partial charge in [-0.25, -0.2) is 0 Å². The normalized spacial score (nSPS) is 16.2. The summed E-state index contributed by atoms with van der Waals surface area (Å²) in [4.78, 5) is 0. The van der Waals surface area contributed by atoms with Crippen molar-refractivity contribution in [2.75, 3.05) is 0 Å². The molecule has 0 saturated heterocycles. The van der Waals surface area contributed by atoms with Crippen molar-refractivity contribution in [1.29, 1.82) is 0 Å². The minimum Gasteiger partial charge on any atom is -0.469 e. The van der Waals surface area contributed by atoms with E-state index < -0.39 is 0 Å². The van der Waals surface area contributed by atoms with Crippen LogP contribution in [0.15, 0.2) is 53.1 Å². The molecule has 1 aromatic heterocycles. The molecular weight excluding hydrogens is 224 g/mol. The average Bonchev–Trinajstić information content (AvgIpc) is 2.90. The molecule has 0 saturated carbocycles. The van der Waals surface area contributed by atoms with Gasteiger partial charge in [-0.1, -0.05) is 30.3 Å². The molecule has 3 atom stereocenters. The van der Waals surface area contributed by atoms with Crippen molar-refractivity contribution < 1.29 is 4.42 Å². The molecule has 18 heavy (non-hydrogen) atoms. The van der Waals surface area contributed by atoms with Crippen LogP contribution in [0.25, 0.3) is 0 Å². The molecule has 0 amide bonds. The third-order valence-electron chi connectivity index (χ3n) is 3.28. The first kappa shape index (κ1) is 12.9. The first-order valence-electron chi connectivity index (χ1n) is 6.27. The van der Waals surface area contributed by atoms with Crippen molar-refractivity contribution in [3.05, 3.63) is 60.1 Å². The summed E-state index contributed by atoms with van der Waals surface area (Å²) in [7, 11) is 0. The predicted octanol–water partition coefficient (Wildman–Crippen LogP) is 2.28. The zero-order valence-electron chi connectivity index (χ0n) is 10.6. The SMILES string of the molecule is CC(N)C(N)C(Cc1ccccc1)c1ccco1. The van der Waals surface area contributed by atoms with Crippen molar-refractivity contribution in [2.45, 2.75) is 31.3 Å². The monoisotopic (exact) mass is 244 g/mol. The van der Waals surface area contributed by atoms with E-state index in [1.165, 1.54) is 5.56 Å². The number of benzene rings is 1. The van der Waals surface area contributed by atoms with Gasteiger partial charge in [0.1, 0.15) is 5.76 Å². The van der Waals surface area contributed by atoms with Gasteiger partial charge in [-0.15, -0.1) is 0 Å². The summed E-state index contributed by atoms with van der Waals surface area (Å²) in [6.07, 6.45) is 2.53. The molecule has 0 aliphatic heterocycles. The van der Waals surface area contributed by atoms with Crippen LogP contribution in [0.5, 0.6) is 0 Å². The second-order valence-electron chi connectivity index (χ2n) is 4.75. The van der Waals surface area contributed by atoms with E-state index in [1.807, 2.05) is 37.3 Å². The Morgan fingerprint density at radius 1 is 1.06 bits per heavy atom. The molecular formula is C15H20N2O. The largest absolute Gasteiger partial charge is 0.469 e. The first-order valence-corrected chi connectivity index (χ1v) is 6.27. The lowest BCUT2D eigenvalue weighted by Crippen LogP contribution is -2.44. The highest BCUT2D eigenvalue weighted by molar-refractivity contribution is 5.20. The van der Waals surface area contributed by atoms with Crippen LogP contribution in [-0.2, 0) is 6.42 Å². The van der Waals surface area contributed by atoms with Gasteiger partial charge < -0.3 is 15.9 Å². The van der Waals surface area contributed by atoms with Crippen LogP contribution in [0.4, 0.5) is 0 Å². The van der Waals surface area contributed by atoms with Crippen LogP contribution in [0.2, 0.25) is 0 Å². The zero-order chi connectivity index (χ0) is 13.0. The van der Waals surface area contributed by atoms with E-state index in [2.05, 4.69) is 12.1 Å². The number of nitrogens with two attached hydrogens (primary N) is 2. The van der Waals surface area contributed by atoms with Crippen LogP contribution in [-0.4, -0.2) is 12.1 Å². The van der Waals surface area contributed by atoms with Gasteiger partial charge >= 0.3 is 0 Å². The van der Waals surface area contributed by atoms with E-state index in [-0.39, 0.29) is 18.0 Å². The van der Waals surface area contributed by atoms with Gasteiger partial charge in [0.05, 0.1) is 6.26 Å². The van der Waals surface area contributed by atoms with Gasteiger partial charge in [0, 0.05) is 18.0 Å². The third-order valence-corrected chi connectivity index (χ3v) is 3.28. The topological polar surface area (TPSA) is 65.2 Å². The minimum atomic E-state index is -0.114. The smallest absolute Gasteiger partial charge is 0.108 e. The maximum atomic E-state index is 6.21. The highest BCUT2D eigenvalue weighted by Gasteiger charge is 2.25. The van der Waals surface area contributed by atoms with Crippen LogP contribution in [0.3, 0.4) is 0 Å². The van der Waals surface area contributed by atoms with Gasteiger partial charge in [0.2, 0.25) is 0 Å². The average molecular weight is 244 g/mol. The molecule has 96 valence electrons. The number of hydrogen-bond donors (Lipinski definition) is 2. The van der Waals surface area contributed by atoms with Gasteiger partial charge in [-0.05, 0) is 31.0 Å². The van der Waals surface area contributed by atoms with E-state index in [0.29, 0.717) is 0 Å². The molecule has 2 rings (SSSR count). The fourth-order valence-corrected chi connectivity index (χ4v) is 2.16. The van der Waals surface area contributed by atoms with Crippen LogP contribution in [0.1, 0.15) is 24.2 Å². The molecule has 3 nitrogen and oxygen atoms in total. The molecule has 0 aliphatic rings. The van der Waals surface area contributed by atoms with Gasteiger partial charge in [-0.3, -0.25) is 0 Å². The summed E-state index contributed by atoms with van der Waals surface area (Å²) in [5, 5.41) is 0. The Kier molecular flexibility index (Phi) is 4.18. The summed E-state index contributed by atoms with van der Waals surface area (Å²) in [5.74, 6) is 1.02. The van der Waals surface area contributed by atoms with E-state index in [1.54, 1.807) is 6.26 Å². The lowest BCUT2D eigenvalue weighted by molar-refractivity contribution is 0.386. The van der Waals surface area contributed by atoms with Crippen LogP contribution >= 0.6 is 0 Å². The highest BCUT2D eigenvalue weighted by atomic mass is 16.3. The van der Waals surface area contributed by atoms with Gasteiger partial charge in [0.25, 0.3) is 0 Å². The van der Waals surface area contributed by atoms with E-state index in [0.717, 1.165) is 12.2 Å². The first-order chi connectivity index (χ1) is 8.68. The summed E-state index contributed by atoms with van der Waals surface area (Å²) in [5.41, 5.74) is 13.4. The molecule has 0 aliphatic carbocycles. The second kappa shape index (κ2) is 5.85. The zero-order valence-corrected chi connectivity index (χ0v) is 10.6. The fraction of sp³-hybridized carbons (Fsp3) is 0.333. The van der Waals surface area contributed by atoms with Gasteiger partial charge in [-0.2, -0.15) is 0 Å². The van der Waals surface area contributed by atoms with E-state index in [9.17, 15) is 0 Å². The summed E-state index contributed by atoms with van der Waals surface area (Å²) in [6, 6.07) is 14.0.